The number of carbonyl (C=O) groups excluding carboxylic acids is 1. The molecule has 0 spiro atoms. The number of nitrogens with zero attached hydrogens (tertiary/aromatic N) is 1. The van der Waals surface area contributed by atoms with Crippen LogP contribution in [0.4, 0.5) is 0 Å². The number of esters is 1. The third-order valence-electron chi connectivity index (χ3n) is 2.76. The SMILES string of the molecule is C=CC(=O)Oc1cccc(-c2nc3ccccc3o2)c1. The number of ether oxygens (including phenoxy) is 1. The second kappa shape index (κ2) is 5.01. The molecule has 1 heterocycles. The molecule has 0 atom stereocenters. The molecule has 1 aromatic heterocycles. The van der Waals surface area contributed by atoms with E-state index < -0.39 is 5.97 Å². The van der Waals surface area contributed by atoms with Crippen molar-refractivity contribution in [2.45, 2.75) is 0 Å². The van der Waals surface area contributed by atoms with Gasteiger partial charge >= 0.3 is 5.97 Å². The predicted molar refractivity (Wildman–Crippen MR) is 75.3 cm³/mol. The molecule has 0 unspecified atom stereocenters. The van der Waals surface area contributed by atoms with Gasteiger partial charge in [0.05, 0.1) is 0 Å². The molecule has 0 aliphatic carbocycles. The van der Waals surface area contributed by atoms with E-state index in [0.717, 1.165) is 22.7 Å². The van der Waals surface area contributed by atoms with Crippen molar-refractivity contribution >= 4 is 17.1 Å². The number of oxazole rings is 1. The number of benzene rings is 2. The summed E-state index contributed by atoms with van der Waals surface area (Å²) in [5.41, 5.74) is 2.25. The topological polar surface area (TPSA) is 52.3 Å². The summed E-state index contributed by atoms with van der Waals surface area (Å²) in [5.74, 6) is 0.414. The lowest BCUT2D eigenvalue weighted by Crippen LogP contribution is -2.02. The minimum atomic E-state index is -0.500. The molecule has 98 valence electrons. The first kappa shape index (κ1) is 12.2. The first-order chi connectivity index (χ1) is 9.76. The van der Waals surface area contributed by atoms with Crippen LogP contribution in [0.15, 0.2) is 65.6 Å². The van der Waals surface area contributed by atoms with E-state index >= 15 is 0 Å². The van der Waals surface area contributed by atoms with E-state index in [1.807, 2.05) is 30.3 Å². The normalized spacial score (nSPS) is 10.4. The Hall–Kier alpha value is -2.88. The van der Waals surface area contributed by atoms with Crippen LogP contribution in [-0.4, -0.2) is 11.0 Å². The van der Waals surface area contributed by atoms with Crippen molar-refractivity contribution in [3.05, 3.63) is 61.2 Å². The molecule has 0 radical (unpaired) electrons. The summed E-state index contributed by atoms with van der Waals surface area (Å²) >= 11 is 0. The predicted octanol–water partition coefficient (Wildman–Crippen LogP) is 3.59. The molecule has 2 aromatic carbocycles. The quantitative estimate of drug-likeness (QED) is 0.412. The van der Waals surface area contributed by atoms with Gasteiger partial charge in [-0.05, 0) is 30.3 Å². The number of para-hydroxylation sites is 2. The maximum absolute atomic E-state index is 11.2. The molecule has 20 heavy (non-hydrogen) atoms. The average Bonchev–Trinajstić information content (AvgIpc) is 2.91. The Balaban J connectivity index is 1.99. The molecule has 0 N–H and O–H groups in total. The van der Waals surface area contributed by atoms with Crippen LogP contribution >= 0.6 is 0 Å². The van der Waals surface area contributed by atoms with Crippen LogP contribution in [-0.2, 0) is 4.79 Å². The van der Waals surface area contributed by atoms with Gasteiger partial charge in [-0.3, -0.25) is 0 Å². The average molecular weight is 265 g/mol. The zero-order chi connectivity index (χ0) is 13.9. The smallest absolute Gasteiger partial charge is 0.335 e. The zero-order valence-electron chi connectivity index (χ0n) is 10.6. The lowest BCUT2D eigenvalue weighted by molar-refractivity contribution is -0.128. The van der Waals surface area contributed by atoms with Gasteiger partial charge in [-0.1, -0.05) is 24.8 Å². The molecule has 0 saturated carbocycles. The summed E-state index contributed by atoms with van der Waals surface area (Å²) in [6, 6.07) is 14.5. The third kappa shape index (κ3) is 2.31. The Morgan fingerprint density at radius 1 is 1.20 bits per heavy atom. The highest BCUT2D eigenvalue weighted by atomic mass is 16.5. The van der Waals surface area contributed by atoms with Crippen molar-refractivity contribution in [1.29, 1.82) is 0 Å². The first-order valence-corrected chi connectivity index (χ1v) is 6.06. The summed E-state index contributed by atoms with van der Waals surface area (Å²) in [4.78, 5) is 15.6. The zero-order valence-corrected chi connectivity index (χ0v) is 10.6. The fourth-order valence-corrected chi connectivity index (χ4v) is 1.85. The van der Waals surface area contributed by atoms with Crippen LogP contribution in [0.2, 0.25) is 0 Å². The number of aromatic nitrogens is 1. The maximum Gasteiger partial charge on any atom is 0.335 e. The second-order valence-corrected chi connectivity index (χ2v) is 4.14. The summed E-state index contributed by atoms with van der Waals surface area (Å²) in [6.07, 6.45) is 1.12. The standard InChI is InChI=1S/C16H11NO3/c1-2-15(18)19-12-7-5-6-11(10-12)16-17-13-8-3-4-9-14(13)20-16/h2-10H,1H2. The van der Waals surface area contributed by atoms with Crippen molar-refractivity contribution in [3.8, 4) is 17.2 Å². The Kier molecular flexibility index (Phi) is 3.05. The van der Waals surface area contributed by atoms with Crippen LogP contribution in [0.5, 0.6) is 5.75 Å². The molecule has 4 nitrogen and oxygen atoms in total. The maximum atomic E-state index is 11.2. The van der Waals surface area contributed by atoms with E-state index in [1.165, 1.54) is 0 Å². The Bertz CT molecular complexity index is 756. The van der Waals surface area contributed by atoms with Crippen molar-refractivity contribution in [2.24, 2.45) is 0 Å². The number of fused-ring (bicyclic) bond motifs is 1. The van der Waals surface area contributed by atoms with Crippen molar-refractivity contribution in [1.82, 2.24) is 4.98 Å². The molecule has 0 fully saturated rings. The molecular formula is C16H11NO3. The minimum absolute atomic E-state index is 0.426. The summed E-state index contributed by atoms with van der Waals surface area (Å²) in [6.45, 7) is 3.36. The molecule has 0 bridgehead atoms. The molecule has 0 aliphatic heterocycles. The van der Waals surface area contributed by atoms with E-state index in [1.54, 1.807) is 18.2 Å². The number of carbonyl (C=O) groups is 1. The highest BCUT2D eigenvalue weighted by molar-refractivity contribution is 5.83. The van der Waals surface area contributed by atoms with Crippen LogP contribution in [0.3, 0.4) is 0 Å². The summed E-state index contributed by atoms with van der Waals surface area (Å²) in [7, 11) is 0. The summed E-state index contributed by atoms with van der Waals surface area (Å²) in [5, 5.41) is 0. The van der Waals surface area contributed by atoms with Gasteiger partial charge in [0.2, 0.25) is 5.89 Å². The van der Waals surface area contributed by atoms with Gasteiger partial charge in [0, 0.05) is 11.6 Å². The van der Waals surface area contributed by atoms with Gasteiger partial charge in [-0.25, -0.2) is 9.78 Å². The van der Waals surface area contributed by atoms with E-state index in [0.29, 0.717) is 11.6 Å². The second-order valence-electron chi connectivity index (χ2n) is 4.14. The van der Waals surface area contributed by atoms with Crippen molar-refractivity contribution in [3.63, 3.8) is 0 Å². The van der Waals surface area contributed by atoms with E-state index in [4.69, 9.17) is 9.15 Å². The van der Waals surface area contributed by atoms with Crippen LogP contribution < -0.4 is 4.74 Å². The van der Waals surface area contributed by atoms with Crippen molar-refractivity contribution in [2.75, 3.05) is 0 Å². The fraction of sp³-hybridized carbons (Fsp3) is 0. The lowest BCUT2D eigenvalue weighted by Gasteiger charge is -2.02. The van der Waals surface area contributed by atoms with Gasteiger partial charge in [-0.2, -0.15) is 0 Å². The molecule has 3 aromatic rings. The Morgan fingerprint density at radius 2 is 2.05 bits per heavy atom. The highest BCUT2D eigenvalue weighted by Gasteiger charge is 2.09. The van der Waals surface area contributed by atoms with Crippen LogP contribution in [0.25, 0.3) is 22.6 Å². The molecule has 4 heteroatoms. The minimum Gasteiger partial charge on any atom is -0.436 e. The highest BCUT2D eigenvalue weighted by Crippen LogP contribution is 2.26. The van der Waals surface area contributed by atoms with E-state index in [9.17, 15) is 4.79 Å². The van der Waals surface area contributed by atoms with Gasteiger partial charge in [0.15, 0.2) is 5.58 Å². The lowest BCUT2D eigenvalue weighted by atomic mass is 10.2. The number of hydrogen-bond acceptors (Lipinski definition) is 4. The molecule has 0 aliphatic rings. The van der Waals surface area contributed by atoms with E-state index in [-0.39, 0.29) is 0 Å². The van der Waals surface area contributed by atoms with Crippen molar-refractivity contribution < 1.29 is 13.9 Å². The molecule has 3 rings (SSSR count). The van der Waals surface area contributed by atoms with Crippen LogP contribution in [0.1, 0.15) is 0 Å². The van der Waals surface area contributed by atoms with Gasteiger partial charge in [-0.15, -0.1) is 0 Å². The Labute approximate surface area is 115 Å². The largest absolute Gasteiger partial charge is 0.436 e. The van der Waals surface area contributed by atoms with E-state index in [2.05, 4.69) is 11.6 Å². The van der Waals surface area contributed by atoms with Gasteiger partial charge in [0.25, 0.3) is 0 Å². The fourth-order valence-electron chi connectivity index (χ4n) is 1.85. The summed E-state index contributed by atoms with van der Waals surface area (Å²) < 4.78 is 10.7. The molecule has 0 saturated heterocycles. The van der Waals surface area contributed by atoms with Crippen LogP contribution in [0, 0.1) is 0 Å². The third-order valence-corrected chi connectivity index (χ3v) is 2.76. The molecule has 0 amide bonds. The monoisotopic (exact) mass is 265 g/mol. The Morgan fingerprint density at radius 3 is 2.85 bits per heavy atom. The number of hydrogen-bond donors (Lipinski definition) is 0. The number of rotatable bonds is 3. The molecular weight excluding hydrogens is 254 g/mol. The van der Waals surface area contributed by atoms with Gasteiger partial charge < -0.3 is 9.15 Å². The first-order valence-electron chi connectivity index (χ1n) is 6.06. The van der Waals surface area contributed by atoms with Gasteiger partial charge in [0.1, 0.15) is 11.3 Å².